The fraction of sp³-hybridized carbons (Fsp3) is 0.250. The molecule has 262 valence electrons. The molecule has 4 heterocycles. The maximum atomic E-state index is 15.5. The van der Waals surface area contributed by atoms with Crippen molar-refractivity contribution in [3.8, 4) is 29.0 Å². The lowest BCUT2D eigenvalue weighted by Gasteiger charge is -2.37. The van der Waals surface area contributed by atoms with Crippen LogP contribution < -0.4 is 27.0 Å². The SMILES string of the molecule is Cc1nc(Cn2cc(C(=O)Nc3ccc(Oc4ccnc(N)c4C#CC(C)(C)N4CCOCC4)c(F)c3)c(=O)n(-c3ccc(F)cc3)c2=O)cs1. The van der Waals surface area contributed by atoms with E-state index in [1.165, 1.54) is 47.9 Å². The number of morpholine rings is 1. The monoisotopic (exact) mass is 713 g/mol. The smallest absolute Gasteiger partial charge is 0.336 e. The van der Waals surface area contributed by atoms with Gasteiger partial charge in [0.2, 0.25) is 0 Å². The number of benzene rings is 2. The molecule has 3 N–H and O–H groups in total. The highest BCUT2D eigenvalue weighted by Crippen LogP contribution is 2.31. The first-order valence-electron chi connectivity index (χ1n) is 15.8. The van der Waals surface area contributed by atoms with E-state index in [0.29, 0.717) is 18.9 Å². The molecule has 0 saturated carbocycles. The normalized spacial score (nSPS) is 13.4. The number of nitrogens with zero attached hydrogens (tertiary/aromatic N) is 5. The van der Waals surface area contributed by atoms with Crippen LogP contribution in [0.25, 0.3) is 5.69 Å². The summed E-state index contributed by atoms with van der Waals surface area (Å²) < 4.78 is 42.4. The standard InChI is InChI=1S/C36H33F2N7O5S/c1-22-41-25(21-51-22)19-43-20-28(34(47)45(35(43)48)26-7-4-23(37)5-8-26)33(46)42-24-6-9-31(29(38)18-24)50-30-11-13-40-32(39)27(30)10-12-36(2,3)44-14-16-49-17-15-44/h4-9,11,13,18,20-21H,14-17,19H2,1-3H3,(H2,39,40)(H,42,46). The fourth-order valence-corrected chi connectivity index (χ4v) is 6.01. The van der Waals surface area contributed by atoms with Gasteiger partial charge >= 0.3 is 5.69 Å². The number of nitrogen functional groups attached to an aromatic ring is 1. The number of carbonyl (C=O) groups is 1. The second-order valence-corrected chi connectivity index (χ2v) is 13.2. The number of carbonyl (C=O) groups excluding carboxylic acids is 1. The number of amides is 1. The third-order valence-electron chi connectivity index (χ3n) is 8.13. The summed E-state index contributed by atoms with van der Waals surface area (Å²) in [5, 5.41) is 5.04. The predicted molar refractivity (Wildman–Crippen MR) is 189 cm³/mol. The van der Waals surface area contributed by atoms with E-state index in [9.17, 15) is 18.8 Å². The van der Waals surface area contributed by atoms with Gasteiger partial charge in [0.15, 0.2) is 11.6 Å². The number of ether oxygens (including phenoxy) is 2. The molecule has 51 heavy (non-hydrogen) atoms. The highest BCUT2D eigenvalue weighted by Gasteiger charge is 2.26. The van der Waals surface area contributed by atoms with Crippen LogP contribution in [-0.2, 0) is 11.3 Å². The highest BCUT2D eigenvalue weighted by atomic mass is 32.1. The summed E-state index contributed by atoms with van der Waals surface area (Å²) >= 11 is 1.38. The van der Waals surface area contributed by atoms with Gasteiger partial charge in [0.1, 0.15) is 28.5 Å². The van der Waals surface area contributed by atoms with Crippen molar-refractivity contribution in [1.82, 2.24) is 24.0 Å². The molecular weight excluding hydrogens is 681 g/mol. The van der Waals surface area contributed by atoms with Gasteiger partial charge in [-0.1, -0.05) is 11.8 Å². The predicted octanol–water partition coefficient (Wildman–Crippen LogP) is 4.57. The first kappa shape index (κ1) is 35.1. The van der Waals surface area contributed by atoms with Crippen molar-refractivity contribution in [2.45, 2.75) is 32.9 Å². The molecule has 15 heteroatoms. The van der Waals surface area contributed by atoms with Crippen LogP contribution in [0.4, 0.5) is 20.3 Å². The maximum absolute atomic E-state index is 15.5. The lowest BCUT2D eigenvalue weighted by molar-refractivity contribution is 0.00739. The second kappa shape index (κ2) is 14.7. The summed E-state index contributed by atoms with van der Waals surface area (Å²) in [6, 6.07) is 9.93. The molecule has 5 aromatic rings. The van der Waals surface area contributed by atoms with E-state index in [1.807, 2.05) is 13.8 Å². The summed E-state index contributed by atoms with van der Waals surface area (Å²) in [5.74, 6) is 4.09. The molecule has 1 aliphatic heterocycles. The van der Waals surface area contributed by atoms with E-state index in [2.05, 4.69) is 32.0 Å². The van der Waals surface area contributed by atoms with Crippen LogP contribution in [0.1, 0.15) is 40.5 Å². The summed E-state index contributed by atoms with van der Waals surface area (Å²) in [4.78, 5) is 51.2. The van der Waals surface area contributed by atoms with Gasteiger partial charge in [-0.15, -0.1) is 11.3 Å². The van der Waals surface area contributed by atoms with Gasteiger partial charge < -0.3 is 20.5 Å². The van der Waals surface area contributed by atoms with Gasteiger partial charge in [-0.2, -0.15) is 0 Å². The third-order valence-corrected chi connectivity index (χ3v) is 8.95. The Morgan fingerprint density at radius 1 is 1.10 bits per heavy atom. The Labute approximate surface area is 295 Å². The number of pyridine rings is 1. The van der Waals surface area contributed by atoms with E-state index in [-0.39, 0.29) is 40.8 Å². The Bertz CT molecular complexity index is 2280. The zero-order valence-corrected chi connectivity index (χ0v) is 28.7. The Morgan fingerprint density at radius 2 is 1.84 bits per heavy atom. The molecule has 1 amide bonds. The Kier molecular flexibility index (Phi) is 10.1. The molecule has 6 rings (SSSR count). The average Bonchev–Trinajstić information content (AvgIpc) is 3.52. The number of aryl methyl sites for hydroxylation is 1. The van der Waals surface area contributed by atoms with E-state index in [1.54, 1.807) is 12.3 Å². The number of halogens is 2. The van der Waals surface area contributed by atoms with Crippen LogP contribution in [0.3, 0.4) is 0 Å². The Hall–Kier alpha value is -5.69. The quantitative estimate of drug-likeness (QED) is 0.221. The Balaban J connectivity index is 1.27. The highest BCUT2D eigenvalue weighted by molar-refractivity contribution is 7.09. The van der Waals surface area contributed by atoms with Gasteiger partial charge in [-0.05, 0) is 57.2 Å². The summed E-state index contributed by atoms with van der Waals surface area (Å²) in [6.07, 6.45) is 2.54. The molecular formula is C36H33F2N7O5S. The van der Waals surface area contributed by atoms with Crippen molar-refractivity contribution >= 4 is 28.7 Å². The number of aromatic nitrogens is 4. The number of thiazole rings is 1. The second-order valence-electron chi connectivity index (χ2n) is 12.1. The first-order chi connectivity index (χ1) is 24.4. The van der Waals surface area contributed by atoms with Gasteiger partial charge in [-0.25, -0.2) is 28.1 Å². The minimum Gasteiger partial charge on any atom is -0.453 e. The van der Waals surface area contributed by atoms with Crippen molar-refractivity contribution in [3.63, 3.8) is 0 Å². The van der Waals surface area contributed by atoms with E-state index in [0.717, 1.165) is 51.6 Å². The minimum absolute atomic E-state index is 0.00646. The third kappa shape index (κ3) is 7.88. The van der Waals surface area contributed by atoms with Crippen molar-refractivity contribution < 1.29 is 23.0 Å². The topological polar surface area (TPSA) is 147 Å². The molecule has 0 atom stereocenters. The average molecular weight is 714 g/mol. The fourth-order valence-electron chi connectivity index (χ4n) is 5.41. The van der Waals surface area contributed by atoms with E-state index < -0.39 is 39.9 Å². The molecule has 2 aromatic carbocycles. The van der Waals surface area contributed by atoms with Crippen LogP contribution in [0.5, 0.6) is 11.5 Å². The number of anilines is 2. The molecule has 3 aromatic heterocycles. The van der Waals surface area contributed by atoms with Crippen molar-refractivity contribution in [3.05, 3.63) is 121 Å². The number of nitrogens with two attached hydrogens (primary N) is 1. The van der Waals surface area contributed by atoms with Crippen LogP contribution in [0.15, 0.2) is 75.9 Å². The molecule has 0 bridgehead atoms. The molecule has 0 radical (unpaired) electrons. The van der Waals surface area contributed by atoms with Crippen LogP contribution in [0.2, 0.25) is 0 Å². The summed E-state index contributed by atoms with van der Waals surface area (Å²) in [5.41, 5.74) is 4.41. The molecule has 0 spiro atoms. The van der Waals surface area contributed by atoms with Gasteiger partial charge in [-0.3, -0.25) is 19.1 Å². The Morgan fingerprint density at radius 3 is 2.53 bits per heavy atom. The summed E-state index contributed by atoms with van der Waals surface area (Å²) in [7, 11) is 0. The summed E-state index contributed by atoms with van der Waals surface area (Å²) in [6.45, 7) is 8.40. The zero-order valence-electron chi connectivity index (χ0n) is 27.9. The molecule has 1 fully saturated rings. The van der Waals surface area contributed by atoms with E-state index >= 15 is 4.39 Å². The minimum atomic E-state index is -0.948. The van der Waals surface area contributed by atoms with Gasteiger partial charge in [0, 0.05) is 48.7 Å². The zero-order chi connectivity index (χ0) is 36.3. The number of rotatable bonds is 8. The molecule has 1 saturated heterocycles. The number of hydrogen-bond donors (Lipinski definition) is 2. The molecule has 0 aliphatic carbocycles. The van der Waals surface area contributed by atoms with Gasteiger partial charge in [0.05, 0.1) is 41.7 Å². The maximum Gasteiger partial charge on any atom is 0.336 e. The lowest BCUT2D eigenvalue weighted by atomic mass is 10.0. The van der Waals surface area contributed by atoms with Crippen LogP contribution in [-0.4, -0.2) is 61.8 Å². The van der Waals surface area contributed by atoms with Crippen molar-refractivity contribution in [2.75, 3.05) is 37.4 Å². The van der Waals surface area contributed by atoms with Gasteiger partial charge in [0.25, 0.3) is 11.5 Å². The number of hydrogen-bond acceptors (Lipinski definition) is 10. The first-order valence-corrected chi connectivity index (χ1v) is 16.7. The molecule has 12 nitrogen and oxygen atoms in total. The van der Waals surface area contributed by atoms with Crippen molar-refractivity contribution in [1.29, 1.82) is 0 Å². The molecule has 0 unspecified atom stereocenters. The van der Waals surface area contributed by atoms with E-state index in [4.69, 9.17) is 15.2 Å². The lowest BCUT2D eigenvalue weighted by Crippen LogP contribution is -2.49. The van der Waals surface area contributed by atoms with Crippen molar-refractivity contribution in [2.24, 2.45) is 0 Å². The molecule has 1 aliphatic rings. The largest absolute Gasteiger partial charge is 0.453 e. The van der Waals surface area contributed by atoms with Crippen LogP contribution in [0, 0.1) is 30.4 Å². The number of nitrogens with one attached hydrogen (secondary N) is 1. The van der Waals surface area contributed by atoms with Crippen LogP contribution >= 0.6 is 11.3 Å².